The van der Waals surface area contributed by atoms with Gasteiger partial charge < -0.3 is 16.0 Å². The van der Waals surface area contributed by atoms with Gasteiger partial charge in [-0.1, -0.05) is 20.8 Å². The van der Waals surface area contributed by atoms with Gasteiger partial charge in [-0.3, -0.25) is 0 Å². The number of nitrogens with zero attached hydrogens (tertiary/aromatic N) is 1. The summed E-state index contributed by atoms with van der Waals surface area (Å²) < 4.78 is 0. The van der Waals surface area contributed by atoms with Crippen LogP contribution in [0.5, 0.6) is 0 Å². The summed E-state index contributed by atoms with van der Waals surface area (Å²) >= 11 is 0. The Balaban J connectivity index is -0.000000147. The highest BCUT2D eigenvalue weighted by molar-refractivity contribution is 4.34. The molecule has 3 nitrogen and oxygen atoms in total. The summed E-state index contributed by atoms with van der Waals surface area (Å²) in [5.41, 5.74) is 5.03. The van der Waals surface area contributed by atoms with Crippen molar-refractivity contribution in [3.63, 3.8) is 0 Å². The number of nitrogens with one attached hydrogen (secondary N) is 1. The van der Waals surface area contributed by atoms with E-state index >= 15 is 0 Å². The van der Waals surface area contributed by atoms with Crippen LogP contribution in [0.25, 0.3) is 0 Å². The van der Waals surface area contributed by atoms with Gasteiger partial charge in [-0.25, -0.2) is 0 Å². The van der Waals surface area contributed by atoms with E-state index in [0.29, 0.717) is 0 Å². The maximum Gasteiger partial charge on any atom is -0.00275 e. The second-order valence-electron chi connectivity index (χ2n) is 3.70. The first kappa shape index (κ1) is 20.3. The van der Waals surface area contributed by atoms with Crippen LogP contribution < -0.4 is 11.1 Å². The molecule has 0 aromatic heterocycles. The van der Waals surface area contributed by atoms with E-state index in [4.69, 9.17) is 5.73 Å². The smallest absolute Gasteiger partial charge is 0.00275 e. The Bertz CT molecular complexity index is 71.3. The van der Waals surface area contributed by atoms with Crippen LogP contribution in [-0.4, -0.2) is 45.7 Å². The summed E-state index contributed by atoms with van der Waals surface area (Å²) in [4.78, 5) is 2.18. The zero-order valence-electron chi connectivity index (χ0n) is 11.8. The molecule has 0 atom stereocenters. The third-order valence-electron chi connectivity index (χ3n) is 1.46. The summed E-state index contributed by atoms with van der Waals surface area (Å²) in [6, 6.07) is 0. The zero-order chi connectivity index (χ0) is 12.5. The number of rotatable bonds is 5. The second-order valence-corrected chi connectivity index (χ2v) is 3.70. The quantitative estimate of drug-likeness (QED) is 0.742. The third-order valence-corrected chi connectivity index (χ3v) is 1.46. The van der Waals surface area contributed by atoms with Crippen molar-refractivity contribution >= 4 is 0 Å². The van der Waals surface area contributed by atoms with Crippen molar-refractivity contribution in [2.75, 3.05) is 40.8 Å². The van der Waals surface area contributed by atoms with Crippen LogP contribution in [0, 0.1) is 0 Å². The lowest BCUT2D eigenvalue weighted by Gasteiger charge is -2.03. The standard InChI is InChI=1S/C5H13N.C4H11N.C3H9N/c1-4-5-6(2)3;1-3-4-5-2;1-2-3-4/h4-5H2,1-3H3;5H,3-4H2,1-2H3;2-4H2,1H3. The van der Waals surface area contributed by atoms with E-state index in [0.717, 1.165) is 19.5 Å². The predicted octanol–water partition coefficient (Wildman–Crippen LogP) is 1.93. The van der Waals surface area contributed by atoms with E-state index in [1.54, 1.807) is 0 Å². The molecule has 0 rings (SSSR count). The molecule has 0 heterocycles. The minimum atomic E-state index is 0.819. The summed E-state index contributed by atoms with van der Waals surface area (Å²) in [5, 5.41) is 3.02. The number of nitrogens with two attached hydrogens (primary N) is 1. The fraction of sp³-hybridized carbons (Fsp3) is 1.00. The first-order chi connectivity index (χ1) is 7.10. The molecule has 3 N–H and O–H groups in total. The molecule has 0 amide bonds. The lowest BCUT2D eigenvalue weighted by Crippen LogP contribution is -2.11. The van der Waals surface area contributed by atoms with Crippen LogP contribution in [0.2, 0.25) is 0 Å². The van der Waals surface area contributed by atoms with Gasteiger partial charge in [0.15, 0.2) is 0 Å². The molecular formula is C12H33N3. The van der Waals surface area contributed by atoms with Crippen molar-refractivity contribution in [2.45, 2.75) is 40.0 Å². The summed E-state index contributed by atoms with van der Waals surface area (Å²) in [6.07, 6.45) is 3.59. The van der Waals surface area contributed by atoms with Crippen molar-refractivity contribution < 1.29 is 0 Å². The molecular weight excluding hydrogens is 186 g/mol. The molecule has 0 aliphatic rings. The zero-order valence-corrected chi connectivity index (χ0v) is 11.8. The van der Waals surface area contributed by atoms with Crippen molar-refractivity contribution in [2.24, 2.45) is 5.73 Å². The van der Waals surface area contributed by atoms with Crippen LogP contribution >= 0.6 is 0 Å². The third kappa shape index (κ3) is 56.7. The van der Waals surface area contributed by atoms with Crippen LogP contribution in [0.4, 0.5) is 0 Å². The van der Waals surface area contributed by atoms with Gasteiger partial charge >= 0.3 is 0 Å². The van der Waals surface area contributed by atoms with Crippen molar-refractivity contribution in [1.29, 1.82) is 0 Å². The van der Waals surface area contributed by atoms with Crippen LogP contribution in [-0.2, 0) is 0 Å². The van der Waals surface area contributed by atoms with E-state index in [1.807, 2.05) is 7.05 Å². The minimum absolute atomic E-state index is 0.819. The molecule has 0 saturated heterocycles. The molecule has 0 saturated carbocycles. The summed E-state index contributed by atoms with van der Waals surface area (Å²) in [7, 11) is 6.14. The average molecular weight is 219 g/mol. The van der Waals surface area contributed by atoms with Crippen molar-refractivity contribution in [3.8, 4) is 0 Å². The monoisotopic (exact) mass is 219 g/mol. The molecule has 0 fully saturated rings. The Morgan fingerprint density at radius 1 is 1.00 bits per heavy atom. The molecule has 0 spiro atoms. The SMILES string of the molecule is CCCN.CCCN(C)C.CCCNC. The van der Waals surface area contributed by atoms with E-state index in [9.17, 15) is 0 Å². The largest absolute Gasteiger partial charge is 0.330 e. The Hall–Kier alpha value is -0.120. The Morgan fingerprint density at radius 2 is 1.47 bits per heavy atom. The maximum absolute atomic E-state index is 5.03. The molecule has 0 aromatic carbocycles. The maximum atomic E-state index is 5.03. The molecule has 0 unspecified atom stereocenters. The average Bonchev–Trinajstić information content (AvgIpc) is 2.20. The van der Waals surface area contributed by atoms with E-state index in [-0.39, 0.29) is 0 Å². The van der Waals surface area contributed by atoms with E-state index < -0.39 is 0 Å². The highest BCUT2D eigenvalue weighted by Crippen LogP contribution is 1.76. The van der Waals surface area contributed by atoms with Gasteiger partial charge in [-0.15, -0.1) is 0 Å². The van der Waals surface area contributed by atoms with Gasteiger partial charge in [0.2, 0.25) is 0 Å². The van der Waals surface area contributed by atoms with Crippen LogP contribution in [0.1, 0.15) is 40.0 Å². The molecule has 0 aromatic rings. The summed E-state index contributed by atoms with van der Waals surface area (Å²) in [5.74, 6) is 0. The van der Waals surface area contributed by atoms with Gasteiger partial charge in [0, 0.05) is 0 Å². The highest BCUT2D eigenvalue weighted by Gasteiger charge is 1.79. The van der Waals surface area contributed by atoms with Crippen molar-refractivity contribution in [1.82, 2.24) is 10.2 Å². The van der Waals surface area contributed by atoms with E-state index in [1.165, 1.54) is 19.4 Å². The lowest BCUT2D eigenvalue weighted by atomic mass is 10.5. The van der Waals surface area contributed by atoms with E-state index in [2.05, 4.69) is 45.1 Å². The Morgan fingerprint density at radius 3 is 1.47 bits per heavy atom. The molecule has 0 radical (unpaired) electrons. The number of hydrogen-bond donors (Lipinski definition) is 2. The minimum Gasteiger partial charge on any atom is -0.330 e. The summed E-state index contributed by atoms with van der Waals surface area (Å²) in [6.45, 7) is 9.55. The van der Waals surface area contributed by atoms with Crippen LogP contribution in [0.3, 0.4) is 0 Å². The topological polar surface area (TPSA) is 41.3 Å². The Labute approximate surface area is 97.4 Å². The normalized spacial score (nSPS) is 8.80. The fourth-order valence-corrected chi connectivity index (χ4v) is 0.697. The van der Waals surface area contributed by atoms with Crippen LogP contribution in [0.15, 0.2) is 0 Å². The molecule has 3 heteroatoms. The molecule has 96 valence electrons. The first-order valence-corrected chi connectivity index (χ1v) is 6.09. The highest BCUT2D eigenvalue weighted by atomic mass is 15.0. The fourth-order valence-electron chi connectivity index (χ4n) is 0.697. The predicted molar refractivity (Wildman–Crippen MR) is 72.4 cm³/mol. The lowest BCUT2D eigenvalue weighted by molar-refractivity contribution is 0.408. The van der Waals surface area contributed by atoms with Gasteiger partial charge in [0.1, 0.15) is 0 Å². The van der Waals surface area contributed by atoms with Gasteiger partial charge in [-0.05, 0) is 60.0 Å². The molecule has 0 aliphatic heterocycles. The van der Waals surface area contributed by atoms with Gasteiger partial charge in [0.05, 0.1) is 0 Å². The van der Waals surface area contributed by atoms with Crippen molar-refractivity contribution in [3.05, 3.63) is 0 Å². The first-order valence-electron chi connectivity index (χ1n) is 6.09. The molecule has 0 aliphatic carbocycles. The molecule has 15 heavy (non-hydrogen) atoms. The van der Waals surface area contributed by atoms with Gasteiger partial charge in [0.25, 0.3) is 0 Å². The second kappa shape index (κ2) is 23.6. The molecule has 0 bridgehead atoms. The van der Waals surface area contributed by atoms with Gasteiger partial charge in [-0.2, -0.15) is 0 Å². The number of hydrogen-bond acceptors (Lipinski definition) is 3. The Kier molecular flexibility index (Phi) is 31.9.